The van der Waals surface area contributed by atoms with Gasteiger partial charge in [0.25, 0.3) is 0 Å². The fourth-order valence-electron chi connectivity index (χ4n) is 4.40. The molecule has 0 spiro atoms. The minimum atomic E-state index is -0.365. The molecule has 1 amide bonds. The van der Waals surface area contributed by atoms with E-state index in [4.69, 9.17) is 4.52 Å². The van der Waals surface area contributed by atoms with Crippen molar-refractivity contribution in [3.63, 3.8) is 0 Å². The van der Waals surface area contributed by atoms with Crippen molar-refractivity contribution < 1.29 is 18.1 Å². The normalized spacial score (nSPS) is 16.6. The number of piperidine rings is 1. The van der Waals surface area contributed by atoms with Crippen molar-refractivity contribution in [3.05, 3.63) is 71.2 Å². The lowest BCUT2D eigenvalue weighted by atomic mass is 9.97. The number of fused-ring (bicyclic) bond motifs is 1. The number of aromatic nitrogens is 3. The van der Waals surface area contributed by atoms with Crippen LogP contribution in [0.4, 0.5) is 8.78 Å². The van der Waals surface area contributed by atoms with Gasteiger partial charge in [0, 0.05) is 35.2 Å². The third kappa shape index (κ3) is 3.88. The van der Waals surface area contributed by atoms with Crippen molar-refractivity contribution in [1.29, 1.82) is 0 Å². The Morgan fingerprint density at radius 2 is 2.06 bits per heavy atom. The molecule has 1 unspecified atom stereocenters. The van der Waals surface area contributed by atoms with Gasteiger partial charge in [0.05, 0.1) is 12.3 Å². The number of aryl methyl sites for hydroxylation is 1. The van der Waals surface area contributed by atoms with Crippen LogP contribution < -0.4 is 0 Å². The zero-order valence-electron chi connectivity index (χ0n) is 17.6. The molecule has 6 nitrogen and oxygen atoms in total. The molecule has 1 N–H and O–H groups in total. The van der Waals surface area contributed by atoms with Crippen LogP contribution >= 0.6 is 0 Å². The second-order valence-electron chi connectivity index (χ2n) is 8.24. The Bertz CT molecular complexity index is 1300. The zero-order valence-corrected chi connectivity index (χ0v) is 17.6. The molecule has 1 atom stereocenters. The number of H-pyrrole nitrogens is 1. The summed E-state index contributed by atoms with van der Waals surface area (Å²) in [6, 6.07) is 10.6. The van der Waals surface area contributed by atoms with E-state index in [1.807, 2.05) is 6.92 Å². The largest absolute Gasteiger partial charge is 0.358 e. The molecule has 164 valence electrons. The number of nitrogens with zero attached hydrogens (tertiary/aromatic N) is 3. The number of halogens is 2. The molecule has 2 aromatic carbocycles. The van der Waals surface area contributed by atoms with Gasteiger partial charge in [-0.3, -0.25) is 4.79 Å². The molecule has 1 fully saturated rings. The lowest BCUT2D eigenvalue weighted by Crippen LogP contribution is -2.40. The first-order valence-electron chi connectivity index (χ1n) is 10.6. The van der Waals surface area contributed by atoms with Crippen molar-refractivity contribution in [2.45, 2.75) is 32.1 Å². The van der Waals surface area contributed by atoms with Crippen molar-refractivity contribution in [2.24, 2.45) is 0 Å². The van der Waals surface area contributed by atoms with Gasteiger partial charge in [0.2, 0.25) is 17.6 Å². The number of rotatable bonds is 4. The Labute approximate surface area is 183 Å². The highest BCUT2D eigenvalue weighted by molar-refractivity contribution is 5.90. The van der Waals surface area contributed by atoms with Crippen LogP contribution in [0.2, 0.25) is 0 Å². The summed E-state index contributed by atoms with van der Waals surface area (Å²) in [6.45, 7) is 3.02. The molecule has 2 aromatic heterocycles. The summed E-state index contributed by atoms with van der Waals surface area (Å²) in [5.74, 6) is -0.00664. The molecule has 0 saturated carbocycles. The van der Waals surface area contributed by atoms with Gasteiger partial charge in [0.1, 0.15) is 11.6 Å². The minimum Gasteiger partial charge on any atom is -0.358 e. The topological polar surface area (TPSA) is 75.0 Å². The van der Waals surface area contributed by atoms with Crippen LogP contribution in [0.1, 0.15) is 35.9 Å². The first-order valence-corrected chi connectivity index (χ1v) is 10.6. The molecule has 1 aliphatic rings. The highest BCUT2D eigenvalue weighted by Crippen LogP contribution is 2.29. The van der Waals surface area contributed by atoms with E-state index in [1.165, 1.54) is 24.3 Å². The summed E-state index contributed by atoms with van der Waals surface area (Å²) < 4.78 is 32.7. The number of nitrogens with one attached hydrogen (secondary N) is 1. The number of carbonyl (C=O) groups excluding carboxylic acids is 1. The van der Waals surface area contributed by atoms with Crippen molar-refractivity contribution in [2.75, 3.05) is 13.1 Å². The molecule has 32 heavy (non-hydrogen) atoms. The highest BCUT2D eigenvalue weighted by Gasteiger charge is 2.29. The molecule has 1 aliphatic heterocycles. The average Bonchev–Trinajstić information content (AvgIpc) is 3.39. The van der Waals surface area contributed by atoms with E-state index in [2.05, 4.69) is 15.1 Å². The van der Waals surface area contributed by atoms with Crippen molar-refractivity contribution >= 4 is 16.8 Å². The van der Waals surface area contributed by atoms with E-state index < -0.39 is 0 Å². The summed E-state index contributed by atoms with van der Waals surface area (Å²) >= 11 is 0. The van der Waals surface area contributed by atoms with Gasteiger partial charge in [-0.15, -0.1) is 0 Å². The zero-order chi connectivity index (χ0) is 22.2. The van der Waals surface area contributed by atoms with Crippen LogP contribution in [0, 0.1) is 18.6 Å². The SMILES string of the molecule is Cc1[nH]c2ccc(F)cc2c1CC(=O)N1CCCC(c2nc(-c3cccc(F)c3)no2)C1. The van der Waals surface area contributed by atoms with Crippen molar-refractivity contribution in [3.8, 4) is 11.4 Å². The smallest absolute Gasteiger partial charge is 0.231 e. The summed E-state index contributed by atoms with van der Waals surface area (Å²) in [5, 5.41) is 4.73. The summed E-state index contributed by atoms with van der Waals surface area (Å²) in [6.07, 6.45) is 1.84. The molecule has 8 heteroatoms. The maximum absolute atomic E-state index is 13.8. The Balaban J connectivity index is 1.32. The van der Waals surface area contributed by atoms with Gasteiger partial charge in [-0.2, -0.15) is 4.98 Å². The molecular formula is C24H22F2N4O2. The maximum atomic E-state index is 13.8. The van der Waals surface area contributed by atoms with E-state index >= 15 is 0 Å². The number of benzene rings is 2. The maximum Gasteiger partial charge on any atom is 0.231 e. The number of hydrogen-bond donors (Lipinski definition) is 1. The van der Waals surface area contributed by atoms with Crippen LogP contribution in [0.25, 0.3) is 22.3 Å². The second kappa shape index (κ2) is 8.18. The fourth-order valence-corrected chi connectivity index (χ4v) is 4.40. The van der Waals surface area contributed by atoms with Gasteiger partial charge in [-0.1, -0.05) is 17.3 Å². The summed E-state index contributed by atoms with van der Waals surface area (Å²) in [5.41, 5.74) is 3.05. The molecule has 0 aliphatic carbocycles. The quantitative estimate of drug-likeness (QED) is 0.501. The monoisotopic (exact) mass is 436 g/mol. The van der Waals surface area contributed by atoms with Crippen LogP contribution in [-0.2, 0) is 11.2 Å². The summed E-state index contributed by atoms with van der Waals surface area (Å²) in [7, 11) is 0. The first kappa shape index (κ1) is 20.4. The summed E-state index contributed by atoms with van der Waals surface area (Å²) in [4.78, 5) is 22.6. The molecule has 1 saturated heterocycles. The van der Waals surface area contributed by atoms with E-state index in [-0.39, 0.29) is 29.9 Å². The Kier molecular flexibility index (Phi) is 5.20. The van der Waals surface area contributed by atoms with Crippen LogP contribution in [-0.4, -0.2) is 39.0 Å². The Morgan fingerprint density at radius 3 is 2.91 bits per heavy atom. The van der Waals surface area contributed by atoms with Gasteiger partial charge < -0.3 is 14.4 Å². The predicted octanol–water partition coefficient (Wildman–Crippen LogP) is 4.75. The van der Waals surface area contributed by atoms with E-state index in [0.29, 0.717) is 30.4 Å². The number of likely N-dealkylation sites (tertiary alicyclic amines) is 1. The third-order valence-electron chi connectivity index (χ3n) is 6.06. The van der Waals surface area contributed by atoms with Crippen LogP contribution in [0.5, 0.6) is 0 Å². The highest BCUT2D eigenvalue weighted by atomic mass is 19.1. The van der Waals surface area contributed by atoms with E-state index in [0.717, 1.165) is 35.0 Å². The van der Waals surface area contributed by atoms with E-state index in [9.17, 15) is 13.6 Å². The third-order valence-corrected chi connectivity index (χ3v) is 6.06. The average molecular weight is 436 g/mol. The number of carbonyl (C=O) groups is 1. The predicted molar refractivity (Wildman–Crippen MR) is 115 cm³/mol. The van der Waals surface area contributed by atoms with Crippen LogP contribution in [0.15, 0.2) is 47.0 Å². The lowest BCUT2D eigenvalue weighted by molar-refractivity contribution is -0.131. The number of aromatic amines is 1. The molecular weight excluding hydrogens is 414 g/mol. The Hall–Kier alpha value is -3.55. The fraction of sp³-hybridized carbons (Fsp3) is 0.292. The number of amides is 1. The molecule has 4 aromatic rings. The second-order valence-corrected chi connectivity index (χ2v) is 8.24. The Morgan fingerprint density at radius 1 is 1.22 bits per heavy atom. The number of hydrogen-bond acceptors (Lipinski definition) is 4. The molecule has 3 heterocycles. The molecule has 0 radical (unpaired) electrons. The lowest BCUT2D eigenvalue weighted by Gasteiger charge is -2.31. The van der Waals surface area contributed by atoms with Gasteiger partial charge in [-0.05, 0) is 55.7 Å². The van der Waals surface area contributed by atoms with E-state index in [1.54, 1.807) is 23.1 Å². The van der Waals surface area contributed by atoms with Crippen LogP contribution in [0.3, 0.4) is 0 Å². The van der Waals surface area contributed by atoms with Gasteiger partial charge in [-0.25, -0.2) is 8.78 Å². The van der Waals surface area contributed by atoms with Gasteiger partial charge >= 0.3 is 0 Å². The minimum absolute atomic E-state index is 0.0205. The molecule has 5 rings (SSSR count). The first-order chi connectivity index (χ1) is 15.5. The van der Waals surface area contributed by atoms with Crippen molar-refractivity contribution in [1.82, 2.24) is 20.0 Å². The standard InChI is InChI=1S/C24H22F2N4O2/c1-14-19(20-11-18(26)7-8-21(20)27-14)12-22(31)30-9-3-5-16(13-30)24-28-23(29-32-24)15-4-2-6-17(25)10-15/h2,4,6-8,10-11,16,27H,3,5,9,12-13H2,1H3. The van der Waals surface area contributed by atoms with Gasteiger partial charge in [0.15, 0.2) is 0 Å². The molecule has 0 bridgehead atoms.